The van der Waals surface area contributed by atoms with Gasteiger partial charge in [0.05, 0.1) is 88.3 Å². The number of ether oxygens (including phenoxy) is 5. The van der Waals surface area contributed by atoms with Crippen LogP contribution >= 0.6 is 8.53 Å². The van der Waals surface area contributed by atoms with Crippen molar-refractivity contribution < 1.29 is 32.7 Å². The molecule has 0 N–H and O–H groups in total. The lowest BCUT2D eigenvalue weighted by Crippen LogP contribution is -2.33. The fourth-order valence-electron chi connectivity index (χ4n) is 8.21. The third kappa shape index (κ3) is 15.5. The van der Waals surface area contributed by atoms with E-state index in [1.165, 1.54) is 0 Å². The van der Waals surface area contributed by atoms with Gasteiger partial charge in [0.2, 0.25) is 0 Å². The van der Waals surface area contributed by atoms with E-state index in [9.17, 15) is 0 Å². The molecule has 0 spiro atoms. The molecule has 0 saturated heterocycles. The Morgan fingerprint density at radius 3 is 1.41 bits per heavy atom. The first-order chi connectivity index (χ1) is 34.2. The average Bonchev–Trinajstić information content (AvgIpc) is 3.39. The Morgan fingerprint density at radius 2 is 0.957 bits per heavy atom. The molecule has 0 aliphatic carbocycles. The number of rotatable bonds is 31. The molecule has 13 heteroatoms. The molecular weight excluding hydrogens is 898 g/mol. The Kier molecular flexibility index (Phi) is 21.9. The van der Waals surface area contributed by atoms with Crippen LogP contribution in [0.3, 0.4) is 0 Å². The average molecular weight is 968 g/mol. The van der Waals surface area contributed by atoms with Crippen molar-refractivity contribution in [2.45, 2.75) is 103 Å². The minimum atomic E-state index is -1.20. The van der Waals surface area contributed by atoms with Gasteiger partial charge in [-0.3, -0.25) is 9.97 Å². The van der Waals surface area contributed by atoms with Crippen LogP contribution in [0.5, 0.6) is 23.0 Å². The number of benzene rings is 3. The molecule has 0 radical (unpaired) electrons. The highest BCUT2D eigenvalue weighted by Crippen LogP contribution is 2.46. The number of methoxy groups -OCH3 is 2. The van der Waals surface area contributed by atoms with Crippen LogP contribution in [0.25, 0.3) is 22.8 Å². The Hall–Kier alpha value is -5.93. The normalized spacial score (nSPS) is 12.0. The highest BCUT2D eigenvalue weighted by molar-refractivity contribution is 7.44. The maximum absolute atomic E-state index is 8.94. The zero-order valence-corrected chi connectivity index (χ0v) is 42.7. The summed E-state index contributed by atoms with van der Waals surface area (Å²) in [5.41, 5.74) is 5.33. The van der Waals surface area contributed by atoms with E-state index in [0.717, 1.165) is 114 Å². The number of hydrogen-bond acceptors (Lipinski definition) is 12. The highest BCUT2D eigenvalue weighted by Gasteiger charge is 2.37. The monoisotopic (exact) mass is 968 g/mol. The van der Waals surface area contributed by atoms with E-state index in [0.29, 0.717) is 51.5 Å². The Morgan fingerprint density at radius 1 is 0.500 bits per heavy atom. The van der Waals surface area contributed by atoms with Crippen LogP contribution in [0.2, 0.25) is 0 Å². The van der Waals surface area contributed by atoms with Gasteiger partial charge >= 0.3 is 0 Å². The lowest BCUT2D eigenvalue weighted by molar-refractivity contribution is 0.0105. The van der Waals surface area contributed by atoms with Gasteiger partial charge in [-0.1, -0.05) is 73.5 Å². The number of pyridine rings is 3. The smallest absolute Gasteiger partial charge is 0.259 e. The number of nitriles is 1. The molecule has 0 aliphatic rings. The van der Waals surface area contributed by atoms with E-state index in [-0.39, 0.29) is 0 Å². The van der Waals surface area contributed by atoms with Gasteiger partial charge in [-0.25, -0.2) is 9.65 Å². The van der Waals surface area contributed by atoms with Crippen molar-refractivity contribution in [1.29, 1.82) is 5.26 Å². The fraction of sp³-hybridized carbons (Fsp3) is 0.404. The molecule has 0 saturated carbocycles. The second-order valence-corrected chi connectivity index (χ2v) is 18.9. The molecule has 1 unspecified atom stereocenters. The molecule has 0 fully saturated rings. The van der Waals surface area contributed by atoms with Gasteiger partial charge < -0.3 is 32.7 Å². The Bertz CT molecular complexity index is 2380. The van der Waals surface area contributed by atoms with Crippen LogP contribution in [0, 0.1) is 11.3 Å². The van der Waals surface area contributed by atoms with E-state index >= 15 is 0 Å². The largest absolute Gasteiger partial charge is 0.497 e. The summed E-state index contributed by atoms with van der Waals surface area (Å²) in [6.07, 6.45) is 11.6. The number of unbranched alkanes of at least 4 members (excludes halogenated alkanes) is 6. The van der Waals surface area contributed by atoms with Gasteiger partial charge in [0.1, 0.15) is 28.6 Å². The molecule has 0 amide bonds. The SMILES string of the molecule is COc1ccc(C(OCCCCCCOc2ccc(-c3cccc(-c4ccc(OCCCCCCOP(OCCC#N)N(C(C)C)C(C)C)cn4)n3)nc2)(c2ccccc2)c2ccc(OC)cc2)cc1. The summed E-state index contributed by atoms with van der Waals surface area (Å²) in [5.74, 6) is 3.05. The number of hydrogen-bond donors (Lipinski definition) is 0. The van der Waals surface area contributed by atoms with Gasteiger partial charge in [-0.15, -0.1) is 0 Å². The molecular formula is C57H70N5O7P. The molecule has 3 aromatic heterocycles. The summed E-state index contributed by atoms with van der Waals surface area (Å²) < 4.78 is 44.5. The van der Waals surface area contributed by atoms with Crippen molar-refractivity contribution in [3.63, 3.8) is 0 Å². The van der Waals surface area contributed by atoms with Gasteiger partial charge in [-0.2, -0.15) is 5.26 Å². The van der Waals surface area contributed by atoms with Crippen molar-refractivity contribution in [2.24, 2.45) is 0 Å². The zero-order valence-electron chi connectivity index (χ0n) is 41.8. The van der Waals surface area contributed by atoms with E-state index < -0.39 is 14.1 Å². The molecule has 70 heavy (non-hydrogen) atoms. The topological polar surface area (TPSA) is 130 Å². The zero-order chi connectivity index (χ0) is 49.4. The Balaban J connectivity index is 0.908. The minimum absolute atomic E-state index is 0.291. The molecule has 6 rings (SSSR count). The van der Waals surface area contributed by atoms with Crippen LogP contribution < -0.4 is 18.9 Å². The van der Waals surface area contributed by atoms with Gasteiger partial charge in [0.25, 0.3) is 8.53 Å². The van der Waals surface area contributed by atoms with Gasteiger partial charge in [0, 0.05) is 18.7 Å². The summed E-state index contributed by atoms with van der Waals surface area (Å²) in [5, 5.41) is 8.94. The molecule has 0 aliphatic heterocycles. The number of nitrogens with zero attached hydrogens (tertiary/aromatic N) is 5. The summed E-state index contributed by atoms with van der Waals surface area (Å²) in [7, 11) is 2.16. The van der Waals surface area contributed by atoms with Gasteiger partial charge in [0.15, 0.2) is 0 Å². The van der Waals surface area contributed by atoms with Crippen LogP contribution in [0.15, 0.2) is 134 Å². The van der Waals surface area contributed by atoms with Crippen LogP contribution in [0.4, 0.5) is 0 Å². The highest BCUT2D eigenvalue weighted by atomic mass is 31.2. The molecule has 3 heterocycles. The maximum Gasteiger partial charge on any atom is 0.259 e. The first kappa shape index (κ1) is 53.4. The first-order valence-corrected chi connectivity index (χ1v) is 25.7. The third-order valence-electron chi connectivity index (χ3n) is 11.7. The van der Waals surface area contributed by atoms with E-state index in [1.54, 1.807) is 26.6 Å². The van der Waals surface area contributed by atoms with Gasteiger partial charge in [-0.05, 0) is 144 Å². The predicted molar refractivity (Wildman–Crippen MR) is 278 cm³/mol. The van der Waals surface area contributed by atoms with E-state index in [4.69, 9.17) is 43.0 Å². The quantitative estimate of drug-likeness (QED) is 0.0233. The third-order valence-corrected chi connectivity index (χ3v) is 13.8. The van der Waals surface area contributed by atoms with Crippen molar-refractivity contribution in [1.82, 2.24) is 19.6 Å². The van der Waals surface area contributed by atoms with Crippen molar-refractivity contribution in [3.05, 3.63) is 150 Å². The second-order valence-electron chi connectivity index (χ2n) is 17.4. The van der Waals surface area contributed by atoms with Crippen LogP contribution in [0.1, 0.15) is 102 Å². The van der Waals surface area contributed by atoms with Crippen molar-refractivity contribution in [3.8, 4) is 51.8 Å². The summed E-state index contributed by atoms with van der Waals surface area (Å²) in [4.78, 5) is 14.2. The summed E-state index contributed by atoms with van der Waals surface area (Å²) in [6, 6.07) is 43.1. The lowest BCUT2D eigenvalue weighted by atomic mass is 9.80. The lowest BCUT2D eigenvalue weighted by Gasteiger charge is -2.36. The molecule has 12 nitrogen and oxygen atoms in total. The van der Waals surface area contributed by atoms with Crippen LogP contribution in [-0.4, -0.2) is 79.0 Å². The predicted octanol–water partition coefficient (Wildman–Crippen LogP) is 13.4. The maximum atomic E-state index is 8.94. The fourth-order valence-corrected chi connectivity index (χ4v) is 9.83. The molecule has 0 bridgehead atoms. The van der Waals surface area contributed by atoms with Crippen molar-refractivity contribution >= 4 is 8.53 Å². The molecule has 1 atom stereocenters. The van der Waals surface area contributed by atoms with E-state index in [2.05, 4.69) is 96.9 Å². The van der Waals surface area contributed by atoms with Crippen molar-refractivity contribution in [2.75, 3.05) is 47.3 Å². The summed E-state index contributed by atoms with van der Waals surface area (Å²) in [6.45, 7) is 11.4. The molecule has 6 aromatic rings. The minimum Gasteiger partial charge on any atom is -0.497 e. The molecule has 3 aromatic carbocycles. The molecule has 370 valence electrons. The summed E-state index contributed by atoms with van der Waals surface area (Å²) >= 11 is 0. The second kappa shape index (κ2) is 28.7. The Labute approximate surface area is 417 Å². The number of aromatic nitrogens is 3. The standard InChI is InChI=1S/C57H70N5O7P/c1-44(2)62(45(3)4)70(69-41-19-36-58)68-40-17-10-8-15-38-66-52-33-35-54(60-43-52)56-23-18-22-55(61-56)53-34-32-51(42-59-53)65-37-14-7-9-16-39-67-57(46-20-12-11-13-21-46,47-24-28-49(63-5)29-25-47)48-26-30-50(64-6)31-27-48/h11-13,18,20-35,42-45H,7-10,14-17,19,37-41H2,1-6H3. The van der Waals surface area contributed by atoms with Crippen LogP contribution in [-0.2, 0) is 19.4 Å². The first-order valence-electron chi connectivity index (χ1n) is 24.6. The van der Waals surface area contributed by atoms with E-state index in [1.807, 2.05) is 72.8 Å².